The SMILES string of the molecule is CC1(C)CN(S(=O)(=O)CC2CCCC2)CCC1N. The maximum Gasteiger partial charge on any atom is 0.214 e. The molecule has 0 aromatic rings. The summed E-state index contributed by atoms with van der Waals surface area (Å²) in [7, 11) is -3.08. The van der Waals surface area contributed by atoms with Crippen molar-refractivity contribution in [1.29, 1.82) is 0 Å². The van der Waals surface area contributed by atoms with Crippen LogP contribution in [-0.2, 0) is 10.0 Å². The summed E-state index contributed by atoms with van der Waals surface area (Å²) in [4.78, 5) is 0. The molecule has 0 amide bonds. The summed E-state index contributed by atoms with van der Waals surface area (Å²) < 4.78 is 26.5. The van der Waals surface area contributed by atoms with Crippen LogP contribution < -0.4 is 5.73 Å². The van der Waals surface area contributed by atoms with Crippen LogP contribution in [0.5, 0.6) is 0 Å². The van der Waals surface area contributed by atoms with Gasteiger partial charge in [0, 0.05) is 19.1 Å². The summed E-state index contributed by atoms with van der Waals surface area (Å²) >= 11 is 0. The van der Waals surface area contributed by atoms with E-state index in [9.17, 15) is 8.42 Å². The largest absolute Gasteiger partial charge is 0.327 e. The van der Waals surface area contributed by atoms with Crippen LogP contribution >= 0.6 is 0 Å². The first-order chi connectivity index (χ1) is 8.31. The monoisotopic (exact) mass is 274 g/mol. The summed E-state index contributed by atoms with van der Waals surface area (Å²) in [6.07, 6.45) is 5.32. The van der Waals surface area contributed by atoms with Crippen LogP contribution in [0.4, 0.5) is 0 Å². The molecule has 0 aromatic carbocycles. The number of piperidine rings is 1. The van der Waals surface area contributed by atoms with Gasteiger partial charge in [0.15, 0.2) is 0 Å². The Morgan fingerprint density at radius 3 is 2.39 bits per heavy atom. The number of hydrogen-bond donors (Lipinski definition) is 1. The van der Waals surface area contributed by atoms with E-state index in [2.05, 4.69) is 13.8 Å². The van der Waals surface area contributed by atoms with Crippen LogP contribution in [-0.4, -0.2) is 37.6 Å². The summed E-state index contributed by atoms with van der Waals surface area (Å²) in [5, 5.41) is 0. The smallest absolute Gasteiger partial charge is 0.214 e. The van der Waals surface area contributed by atoms with E-state index in [0.29, 0.717) is 24.8 Å². The number of nitrogens with zero attached hydrogens (tertiary/aromatic N) is 1. The first-order valence-electron chi connectivity index (χ1n) is 7.05. The predicted molar refractivity (Wildman–Crippen MR) is 73.7 cm³/mol. The number of nitrogens with two attached hydrogens (primary N) is 1. The maximum absolute atomic E-state index is 12.4. The Balaban J connectivity index is 2.01. The van der Waals surface area contributed by atoms with Crippen LogP contribution in [0.2, 0.25) is 0 Å². The second kappa shape index (κ2) is 5.10. The Morgan fingerprint density at radius 2 is 1.83 bits per heavy atom. The minimum atomic E-state index is -3.08. The molecule has 2 aliphatic rings. The predicted octanol–water partition coefficient (Wildman–Crippen LogP) is 1.57. The molecular weight excluding hydrogens is 248 g/mol. The number of rotatable bonds is 3. The fourth-order valence-electron chi connectivity index (χ4n) is 3.14. The molecular formula is C13H26N2O2S. The van der Waals surface area contributed by atoms with E-state index < -0.39 is 10.0 Å². The highest BCUT2D eigenvalue weighted by Gasteiger charge is 2.39. The summed E-state index contributed by atoms with van der Waals surface area (Å²) in [5.41, 5.74) is 5.95. The Morgan fingerprint density at radius 1 is 1.22 bits per heavy atom. The van der Waals surface area contributed by atoms with E-state index in [-0.39, 0.29) is 11.5 Å². The van der Waals surface area contributed by atoms with Crippen molar-refractivity contribution in [3.8, 4) is 0 Å². The third-order valence-corrected chi connectivity index (χ3v) is 6.58. The van der Waals surface area contributed by atoms with Gasteiger partial charge in [0.05, 0.1) is 5.75 Å². The molecule has 2 N–H and O–H groups in total. The molecule has 18 heavy (non-hydrogen) atoms. The molecule has 2 fully saturated rings. The van der Waals surface area contributed by atoms with Gasteiger partial charge in [-0.25, -0.2) is 12.7 Å². The maximum atomic E-state index is 12.4. The summed E-state index contributed by atoms with van der Waals surface area (Å²) in [5.74, 6) is 0.729. The zero-order valence-electron chi connectivity index (χ0n) is 11.6. The Kier molecular flexibility index (Phi) is 4.04. The molecule has 106 valence electrons. The van der Waals surface area contributed by atoms with Gasteiger partial charge in [-0.1, -0.05) is 26.7 Å². The molecule has 1 aliphatic heterocycles. The summed E-state index contributed by atoms with van der Waals surface area (Å²) in [6, 6.07) is 0.107. The highest BCUT2D eigenvalue weighted by atomic mass is 32.2. The van der Waals surface area contributed by atoms with E-state index in [1.54, 1.807) is 4.31 Å². The third-order valence-electron chi connectivity index (χ3n) is 4.59. The van der Waals surface area contributed by atoms with Crippen LogP contribution in [0.15, 0.2) is 0 Å². The van der Waals surface area contributed by atoms with Crippen LogP contribution in [0, 0.1) is 11.3 Å². The average molecular weight is 274 g/mol. The normalized spacial score (nSPS) is 30.7. The Bertz CT molecular complexity index is 386. The van der Waals surface area contributed by atoms with E-state index in [4.69, 9.17) is 5.73 Å². The van der Waals surface area contributed by atoms with E-state index in [0.717, 1.165) is 19.3 Å². The molecule has 0 spiro atoms. The van der Waals surface area contributed by atoms with Crippen LogP contribution in [0.1, 0.15) is 46.0 Å². The summed E-state index contributed by atoms with van der Waals surface area (Å²) in [6.45, 7) is 5.30. The van der Waals surface area contributed by atoms with Gasteiger partial charge in [0.1, 0.15) is 0 Å². The molecule has 0 aromatic heterocycles. The molecule has 1 aliphatic carbocycles. The minimum absolute atomic E-state index is 0.107. The van der Waals surface area contributed by atoms with Crippen LogP contribution in [0.25, 0.3) is 0 Å². The number of sulfonamides is 1. The van der Waals surface area contributed by atoms with Gasteiger partial charge < -0.3 is 5.73 Å². The van der Waals surface area contributed by atoms with E-state index in [1.165, 1.54) is 12.8 Å². The van der Waals surface area contributed by atoms with E-state index >= 15 is 0 Å². The van der Waals surface area contributed by atoms with Gasteiger partial charge >= 0.3 is 0 Å². The molecule has 1 saturated carbocycles. The molecule has 0 radical (unpaired) electrons. The van der Waals surface area contributed by atoms with Crippen molar-refractivity contribution in [2.75, 3.05) is 18.8 Å². The van der Waals surface area contributed by atoms with Gasteiger partial charge in [-0.2, -0.15) is 0 Å². The minimum Gasteiger partial charge on any atom is -0.327 e. The van der Waals surface area contributed by atoms with Gasteiger partial charge in [-0.05, 0) is 30.6 Å². The molecule has 2 rings (SSSR count). The molecule has 1 heterocycles. The van der Waals surface area contributed by atoms with Crippen molar-refractivity contribution >= 4 is 10.0 Å². The lowest BCUT2D eigenvalue weighted by Gasteiger charge is -2.42. The topological polar surface area (TPSA) is 63.4 Å². The van der Waals surface area contributed by atoms with Crippen molar-refractivity contribution in [2.24, 2.45) is 17.1 Å². The number of hydrogen-bond acceptors (Lipinski definition) is 3. The standard InChI is InChI=1S/C13H26N2O2S/c1-13(2)10-15(8-7-12(13)14)18(16,17)9-11-5-3-4-6-11/h11-12H,3-10,14H2,1-2H3. The highest BCUT2D eigenvalue weighted by molar-refractivity contribution is 7.89. The van der Waals surface area contributed by atoms with Crippen molar-refractivity contribution in [2.45, 2.75) is 52.0 Å². The fraction of sp³-hybridized carbons (Fsp3) is 1.00. The zero-order chi connectivity index (χ0) is 13.4. The van der Waals surface area contributed by atoms with E-state index in [1.807, 2.05) is 0 Å². The lowest BCUT2D eigenvalue weighted by molar-refractivity contribution is 0.155. The van der Waals surface area contributed by atoms with Gasteiger partial charge in [0.2, 0.25) is 10.0 Å². The third kappa shape index (κ3) is 3.06. The van der Waals surface area contributed by atoms with Crippen molar-refractivity contribution < 1.29 is 8.42 Å². The molecule has 0 bridgehead atoms. The fourth-order valence-corrected chi connectivity index (χ4v) is 5.20. The second-order valence-electron chi connectivity index (χ2n) is 6.65. The average Bonchev–Trinajstić information content (AvgIpc) is 2.73. The van der Waals surface area contributed by atoms with Gasteiger partial charge in [0.25, 0.3) is 0 Å². The molecule has 1 saturated heterocycles. The molecule has 4 nitrogen and oxygen atoms in total. The quantitative estimate of drug-likeness (QED) is 0.849. The van der Waals surface area contributed by atoms with Crippen molar-refractivity contribution in [1.82, 2.24) is 4.31 Å². The second-order valence-corrected chi connectivity index (χ2v) is 8.66. The van der Waals surface area contributed by atoms with Crippen molar-refractivity contribution in [3.05, 3.63) is 0 Å². The molecule has 1 atom stereocenters. The lowest BCUT2D eigenvalue weighted by Crippen LogP contribution is -2.54. The Hall–Kier alpha value is -0.130. The van der Waals surface area contributed by atoms with Crippen molar-refractivity contribution in [3.63, 3.8) is 0 Å². The Labute approximate surface area is 111 Å². The lowest BCUT2D eigenvalue weighted by atomic mass is 9.81. The van der Waals surface area contributed by atoms with Gasteiger partial charge in [-0.15, -0.1) is 0 Å². The first kappa shape index (κ1) is 14.3. The first-order valence-corrected chi connectivity index (χ1v) is 8.65. The zero-order valence-corrected chi connectivity index (χ0v) is 12.4. The van der Waals surface area contributed by atoms with Gasteiger partial charge in [-0.3, -0.25) is 0 Å². The molecule has 5 heteroatoms. The van der Waals surface area contributed by atoms with Crippen LogP contribution in [0.3, 0.4) is 0 Å². The highest BCUT2D eigenvalue weighted by Crippen LogP contribution is 2.32. The molecule has 1 unspecified atom stereocenters.